The Kier molecular flexibility index (Phi) is 3.71. The van der Waals surface area contributed by atoms with Crippen LogP contribution in [0.2, 0.25) is 0 Å². The molecule has 1 aromatic heterocycles. The highest BCUT2D eigenvalue weighted by Gasteiger charge is 2.11. The summed E-state index contributed by atoms with van der Waals surface area (Å²) in [4.78, 5) is 7.47. The molecule has 1 heterocycles. The van der Waals surface area contributed by atoms with Crippen LogP contribution in [0, 0.1) is 11.6 Å². The van der Waals surface area contributed by atoms with Crippen molar-refractivity contribution in [2.24, 2.45) is 0 Å². The molecule has 0 aliphatic rings. The van der Waals surface area contributed by atoms with Crippen LogP contribution in [0.1, 0.15) is 0 Å². The van der Waals surface area contributed by atoms with Gasteiger partial charge in [0, 0.05) is 13.1 Å². The Morgan fingerprint density at radius 3 is 2.83 bits per heavy atom. The van der Waals surface area contributed by atoms with E-state index < -0.39 is 11.6 Å². The minimum Gasteiger partial charge on any atom is -0.435 e. The van der Waals surface area contributed by atoms with Gasteiger partial charge in [-0.2, -0.15) is 9.37 Å². The first kappa shape index (κ1) is 12.7. The number of halogens is 3. The van der Waals surface area contributed by atoms with E-state index in [4.69, 9.17) is 4.74 Å². The Morgan fingerprint density at radius 1 is 1.33 bits per heavy atom. The predicted molar refractivity (Wildman–Crippen MR) is 65.7 cm³/mol. The van der Waals surface area contributed by atoms with Crippen LogP contribution in [0.25, 0.3) is 0 Å². The molecule has 0 spiro atoms. The fourth-order valence-corrected chi connectivity index (χ4v) is 1.53. The van der Waals surface area contributed by atoms with Crippen molar-refractivity contribution in [3.05, 3.63) is 40.5 Å². The SMILES string of the molecule is CNc1ncc(F)c(Oc2cc(F)ccc2Br)n1. The first-order valence-corrected chi connectivity index (χ1v) is 5.72. The molecule has 0 saturated heterocycles. The summed E-state index contributed by atoms with van der Waals surface area (Å²) in [5.41, 5.74) is 0. The molecule has 1 N–H and O–H groups in total. The van der Waals surface area contributed by atoms with E-state index in [1.54, 1.807) is 7.05 Å². The number of nitrogens with one attached hydrogen (secondary N) is 1. The molecule has 1 aromatic carbocycles. The van der Waals surface area contributed by atoms with Crippen molar-refractivity contribution in [1.29, 1.82) is 0 Å². The highest BCUT2D eigenvalue weighted by atomic mass is 79.9. The second-order valence-electron chi connectivity index (χ2n) is 3.27. The maximum atomic E-state index is 13.4. The molecule has 0 unspecified atom stereocenters. The van der Waals surface area contributed by atoms with Crippen molar-refractivity contribution in [1.82, 2.24) is 9.97 Å². The van der Waals surface area contributed by atoms with E-state index in [0.29, 0.717) is 4.47 Å². The quantitative estimate of drug-likeness (QED) is 0.943. The van der Waals surface area contributed by atoms with Gasteiger partial charge in [0.1, 0.15) is 11.6 Å². The van der Waals surface area contributed by atoms with Gasteiger partial charge in [0.05, 0.1) is 10.7 Å². The predicted octanol–water partition coefficient (Wildman–Crippen LogP) is 3.35. The summed E-state index contributed by atoms with van der Waals surface area (Å²) >= 11 is 3.17. The van der Waals surface area contributed by atoms with Crippen LogP contribution in [0.3, 0.4) is 0 Å². The molecule has 0 saturated carbocycles. The molecule has 0 aliphatic heterocycles. The fourth-order valence-electron chi connectivity index (χ4n) is 1.20. The van der Waals surface area contributed by atoms with Crippen molar-refractivity contribution >= 4 is 21.9 Å². The average molecular weight is 316 g/mol. The summed E-state index contributed by atoms with van der Waals surface area (Å²) in [5.74, 6) is -1.16. The van der Waals surface area contributed by atoms with Crippen molar-refractivity contribution in [3.8, 4) is 11.6 Å². The normalized spacial score (nSPS) is 10.2. The molecular formula is C11H8BrF2N3O. The molecule has 0 aliphatic carbocycles. The summed E-state index contributed by atoms with van der Waals surface area (Å²) in [7, 11) is 1.59. The van der Waals surface area contributed by atoms with E-state index in [-0.39, 0.29) is 17.6 Å². The highest BCUT2D eigenvalue weighted by Crippen LogP contribution is 2.30. The second-order valence-corrected chi connectivity index (χ2v) is 4.13. The van der Waals surface area contributed by atoms with Crippen LogP contribution in [-0.4, -0.2) is 17.0 Å². The molecule has 0 atom stereocenters. The van der Waals surface area contributed by atoms with E-state index in [9.17, 15) is 8.78 Å². The lowest BCUT2D eigenvalue weighted by Crippen LogP contribution is -2.00. The van der Waals surface area contributed by atoms with Gasteiger partial charge in [0.25, 0.3) is 5.88 Å². The first-order valence-electron chi connectivity index (χ1n) is 4.93. The monoisotopic (exact) mass is 315 g/mol. The molecular weight excluding hydrogens is 308 g/mol. The molecule has 0 amide bonds. The summed E-state index contributed by atoms with van der Waals surface area (Å²) < 4.78 is 32.2. The summed E-state index contributed by atoms with van der Waals surface area (Å²) in [6, 6.07) is 3.85. The summed E-state index contributed by atoms with van der Waals surface area (Å²) in [6.45, 7) is 0. The highest BCUT2D eigenvalue weighted by molar-refractivity contribution is 9.10. The Hall–Kier alpha value is -1.76. The number of ether oxygens (including phenoxy) is 1. The van der Waals surface area contributed by atoms with E-state index in [0.717, 1.165) is 12.3 Å². The van der Waals surface area contributed by atoms with Crippen LogP contribution in [0.5, 0.6) is 11.6 Å². The maximum absolute atomic E-state index is 13.4. The van der Waals surface area contributed by atoms with Gasteiger partial charge in [-0.05, 0) is 28.1 Å². The molecule has 2 rings (SSSR count). The van der Waals surface area contributed by atoms with Gasteiger partial charge in [-0.25, -0.2) is 9.37 Å². The number of anilines is 1. The zero-order chi connectivity index (χ0) is 13.1. The maximum Gasteiger partial charge on any atom is 0.260 e. The van der Waals surface area contributed by atoms with E-state index in [2.05, 4.69) is 31.2 Å². The Balaban J connectivity index is 2.36. The zero-order valence-corrected chi connectivity index (χ0v) is 10.8. The van der Waals surface area contributed by atoms with Gasteiger partial charge in [-0.3, -0.25) is 0 Å². The van der Waals surface area contributed by atoms with E-state index >= 15 is 0 Å². The van der Waals surface area contributed by atoms with Gasteiger partial charge < -0.3 is 10.1 Å². The minimum atomic E-state index is -0.731. The lowest BCUT2D eigenvalue weighted by Gasteiger charge is -2.08. The lowest BCUT2D eigenvalue weighted by molar-refractivity contribution is 0.416. The van der Waals surface area contributed by atoms with Crippen molar-refractivity contribution in [2.45, 2.75) is 0 Å². The van der Waals surface area contributed by atoms with Gasteiger partial charge >= 0.3 is 0 Å². The Morgan fingerprint density at radius 2 is 2.11 bits per heavy atom. The molecule has 94 valence electrons. The standard InChI is InChI=1S/C11H8BrF2N3O/c1-15-11-16-5-8(14)10(17-11)18-9-4-6(13)2-3-7(9)12/h2-5H,1H3,(H,15,16,17). The summed E-state index contributed by atoms with van der Waals surface area (Å²) in [6.07, 6.45) is 0.974. The molecule has 0 bridgehead atoms. The summed E-state index contributed by atoms with van der Waals surface area (Å²) in [5, 5.41) is 2.65. The Bertz CT molecular complexity index is 580. The third-order valence-corrected chi connectivity index (χ3v) is 2.69. The first-order chi connectivity index (χ1) is 8.60. The van der Waals surface area contributed by atoms with Crippen LogP contribution < -0.4 is 10.1 Å². The number of nitrogens with zero attached hydrogens (tertiary/aromatic N) is 2. The smallest absolute Gasteiger partial charge is 0.260 e. The molecule has 0 radical (unpaired) electrons. The molecule has 7 heteroatoms. The van der Waals surface area contributed by atoms with Gasteiger partial charge in [0.2, 0.25) is 11.8 Å². The third kappa shape index (κ3) is 2.73. The molecule has 4 nitrogen and oxygen atoms in total. The fraction of sp³-hybridized carbons (Fsp3) is 0.0909. The number of benzene rings is 1. The van der Waals surface area contributed by atoms with Crippen molar-refractivity contribution < 1.29 is 13.5 Å². The number of rotatable bonds is 3. The lowest BCUT2D eigenvalue weighted by atomic mass is 10.3. The Labute approximate surface area is 110 Å². The molecule has 18 heavy (non-hydrogen) atoms. The zero-order valence-electron chi connectivity index (χ0n) is 9.25. The molecule has 2 aromatic rings. The molecule has 0 fully saturated rings. The average Bonchev–Trinajstić information content (AvgIpc) is 2.36. The topological polar surface area (TPSA) is 47.0 Å². The van der Waals surface area contributed by atoms with E-state index in [1.807, 2.05) is 0 Å². The van der Waals surface area contributed by atoms with Crippen molar-refractivity contribution in [2.75, 3.05) is 12.4 Å². The van der Waals surface area contributed by atoms with Gasteiger partial charge in [-0.1, -0.05) is 0 Å². The van der Waals surface area contributed by atoms with Crippen LogP contribution in [0.15, 0.2) is 28.9 Å². The third-order valence-electron chi connectivity index (χ3n) is 2.04. The van der Waals surface area contributed by atoms with Crippen LogP contribution in [0.4, 0.5) is 14.7 Å². The van der Waals surface area contributed by atoms with Crippen molar-refractivity contribution in [3.63, 3.8) is 0 Å². The van der Waals surface area contributed by atoms with Gasteiger partial charge in [0.15, 0.2) is 0 Å². The number of hydrogen-bond donors (Lipinski definition) is 1. The minimum absolute atomic E-state index is 0.134. The second kappa shape index (κ2) is 5.26. The van der Waals surface area contributed by atoms with E-state index in [1.165, 1.54) is 12.1 Å². The number of aromatic nitrogens is 2. The largest absolute Gasteiger partial charge is 0.435 e. The van der Waals surface area contributed by atoms with Gasteiger partial charge in [-0.15, -0.1) is 0 Å². The number of hydrogen-bond acceptors (Lipinski definition) is 4. The van der Waals surface area contributed by atoms with Crippen LogP contribution in [-0.2, 0) is 0 Å². The van der Waals surface area contributed by atoms with Crippen LogP contribution >= 0.6 is 15.9 Å².